The van der Waals surface area contributed by atoms with Gasteiger partial charge in [0.2, 0.25) is 0 Å². The van der Waals surface area contributed by atoms with Gasteiger partial charge in [-0.2, -0.15) is 0 Å². The molecule has 3 N–H and O–H groups in total. The Hall–Kier alpha value is -1.26. The van der Waals surface area contributed by atoms with E-state index in [1.54, 1.807) is 12.1 Å². The molecule has 0 spiro atoms. The predicted molar refractivity (Wildman–Crippen MR) is 73.9 cm³/mol. The van der Waals surface area contributed by atoms with Crippen LogP contribution in [0.2, 0.25) is 0 Å². The summed E-state index contributed by atoms with van der Waals surface area (Å²) in [6.07, 6.45) is 0. The van der Waals surface area contributed by atoms with Crippen molar-refractivity contribution in [3.63, 3.8) is 0 Å². The van der Waals surface area contributed by atoms with Crippen molar-refractivity contribution in [2.75, 3.05) is 19.6 Å². The third-order valence-corrected chi connectivity index (χ3v) is 3.14. The van der Waals surface area contributed by atoms with Crippen LogP contribution in [0.3, 0.4) is 0 Å². The lowest BCUT2D eigenvalue weighted by atomic mass is 10.2. The number of aromatic hydroxyl groups is 2. The van der Waals surface area contributed by atoms with Crippen molar-refractivity contribution >= 4 is 0 Å². The number of hydrogen-bond acceptors (Lipinski definition) is 4. The highest BCUT2D eigenvalue weighted by Crippen LogP contribution is 2.22. The zero-order valence-electron chi connectivity index (χ0n) is 11.5. The molecular formula is C14H24N2O2. The SMILES string of the molecule is CCN(CC)CC(C)NCc1ccc(O)cc1O. The molecule has 4 heteroatoms. The number of nitrogens with one attached hydrogen (secondary N) is 1. The van der Waals surface area contributed by atoms with Gasteiger partial charge in [0.05, 0.1) is 0 Å². The average molecular weight is 252 g/mol. The lowest BCUT2D eigenvalue weighted by Crippen LogP contribution is -2.38. The van der Waals surface area contributed by atoms with Gasteiger partial charge >= 0.3 is 0 Å². The fraction of sp³-hybridized carbons (Fsp3) is 0.571. The Morgan fingerprint density at radius 3 is 2.44 bits per heavy atom. The summed E-state index contributed by atoms with van der Waals surface area (Å²) in [5.74, 6) is 0.227. The zero-order chi connectivity index (χ0) is 13.5. The molecule has 1 aromatic carbocycles. The first-order chi connectivity index (χ1) is 8.56. The molecule has 0 radical (unpaired) electrons. The maximum atomic E-state index is 9.67. The number of phenolic OH excluding ortho intramolecular Hbond substituents is 2. The maximum Gasteiger partial charge on any atom is 0.123 e. The molecule has 0 aliphatic carbocycles. The van der Waals surface area contributed by atoms with Crippen molar-refractivity contribution in [3.8, 4) is 11.5 Å². The number of rotatable bonds is 7. The molecule has 1 aromatic rings. The van der Waals surface area contributed by atoms with E-state index in [0.717, 1.165) is 25.2 Å². The fourth-order valence-electron chi connectivity index (χ4n) is 1.92. The molecule has 4 nitrogen and oxygen atoms in total. The summed E-state index contributed by atoms with van der Waals surface area (Å²) in [4.78, 5) is 2.36. The first kappa shape index (κ1) is 14.8. The average Bonchev–Trinajstić information content (AvgIpc) is 2.35. The van der Waals surface area contributed by atoms with Crippen LogP contribution in [0.15, 0.2) is 18.2 Å². The smallest absolute Gasteiger partial charge is 0.123 e. The van der Waals surface area contributed by atoms with Gasteiger partial charge in [0.1, 0.15) is 11.5 Å². The molecule has 0 amide bonds. The Morgan fingerprint density at radius 1 is 1.22 bits per heavy atom. The summed E-state index contributed by atoms with van der Waals surface area (Å²) < 4.78 is 0. The van der Waals surface area contributed by atoms with Crippen LogP contribution in [-0.4, -0.2) is 40.8 Å². The molecule has 1 unspecified atom stereocenters. The Balaban J connectivity index is 2.44. The molecule has 0 aliphatic heterocycles. The van der Waals surface area contributed by atoms with Gasteiger partial charge in [0, 0.05) is 30.8 Å². The Kier molecular flexibility index (Phi) is 5.95. The van der Waals surface area contributed by atoms with Gasteiger partial charge in [-0.25, -0.2) is 0 Å². The summed E-state index contributed by atoms with van der Waals surface area (Å²) >= 11 is 0. The van der Waals surface area contributed by atoms with Crippen LogP contribution in [0.25, 0.3) is 0 Å². The predicted octanol–water partition coefficient (Wildman–Crippen LogP) is 1.92. The van der Waals surface area contributed by atoms with Crippen LogP contribution >= 0.6 is 0 Å². The molecule has 0 saturated heterocycles. The van der Waals surface area contributed by atoms with Crippen molar-refractivity contribution < 1.29 is 10.2 Å². The number of nitrogens with zero attached hydrogens (tertiary/aromatic N) is 1. The van der Waals surface area contributed by atoms with E-state index in [2.05, 4.69) is 31.0 Å². The second-order valence-corrected chi connectivity index (χ2v) is 4.58. The molecule has 0 saturated carbocycles. The van der Waals surface area contributed by atoms with Crippen LogP contribution in [-0.2, 0) is 6.54 Å². The summed E-state index contributed by atoms with van der Waals surface area (Å²) in [6, 6.07) is 5.05. The molecule has 0 aliphatic rings. The van der Waals surface area contributed by atoms with Gasteiger partial charge in [-0.05, 0) is 26.1 Å². The summed E-state index contributed by atoms with van der Waals surface area (Å²) in [5, 5.41) is 22.3. The number of likely N-dealkylation sites (N-methyl/N-ethyl adjacent to an activating group) is 1. The molecule has 0 aromatic heterocycles. The van der Waals surface area contributed by atoms with Crippen molar-refractivity contribution in [3.05, 3.63) is 23.8 Å². The third kappa shape index (κ3) is 4.55. The van der Waals surface area contributed by atoms with E-state index in [1.165, 1.54) is 6.07 Å². The Labute approximate surface area is 109 Å². The molecule has 1 atom stereocenters. The summed E-state index contributed by atoms with van der Waals surface area (Å²) in [7, 11) is 0. The fourth-order valence-corrected chi connectivity index (χ4v) is 1.92. The first-order valence-corrected chi connectivity index (χ1v) is 6.53. The van der Waals surface area contributed by atoms with E-state index in [-0.39, 0.29) is 11.5 Å². The molecule has 0 bridgehead atoms. The van der Waals surface area contributed by atoms with Crippen LogP contribution in [0, 0.1) is 0 Å². The topological polar surface area (TPSA) is 55.7 Å². The van der Waals surface area contributed by atoms with Crippen LogP contribution in [0.1, 0.15) is 26.3 Å². The first-order valence-electron chi connectivity index (χ1n) is 6.53. The molecule has 0 heterocycles. The van der Waals surface area contributed by atoms with Crippen molar-refractivity contribution in [2.45, 2.75) is 33.4 Å². The minimum absolute atomic E-state index is 0.0902. The van der Waals surface area contributed by atoms with Gasteiger partial charge < -0.3 is 20.4 Å². The molecule has 102 valence electrons. The highest BCUT2D eigenvalue weighted by atomic mass is 16.3. The number of benzene rings is 1. The monoisotopic (exact) mass is 252 g/mol. The summed E-state index contributed by atoms with van der Waals surface area (Å²) in [5.41, 5.74) is 0.805. The van der Waals surface area contributed by atoms with E-state index < -0.39 is 0 Å². The molecular weight excluding hydrogens is 228 g/mol. The number of phenols is 2. The maximum absolute atomic E-state index is 9.67. The standard InChI is InChI=1S/C14H24N2O2/c1-4-16(5-2)10-11(3)15-9-12-6-7-13(17)8-14(12)18/h6-8,11,15,17-18H,4-5,9-10H2,1-3H3. The van der Waals surface area contributed by atoms with Crippen molar-refractivity contribution in [1.29, 1.82) is 0 Å². The Bertz CT molecular complexity index is 365. The molecule has 18 heavy (non-hydrogen) atoms. The van der Waals surface area contributed by atoms with Crippen LogP contribution in [0.5, 0.6) is 11.5 Å². The highest BCUT2D eigenvalue weighted by Gasteiger charge is 2.08. The van der Waals surface area contributed by atoms with Gasteiger partial charge in [0.15, 0.2) is 0 Å². The normalized spacial score (nSPS) is 12.9. The van der Waals surface area contributed by atoms with Gasteiger partial charge in [0.25, 0.3) is 0 Å². The van der Waals surface area contributed by atoms with Gasteiger partial charge in [-0.1, -0.05) is 19.9 Å². The van der Waals surface area contributed by atoms with E-state index in [9.17, 15) is 10.2 Å². The Morgan fingerprint density at radius 2 is 1.89 bits per heavy atom. The van der Waals surface area contributed by atoms with E-state index >= 15 is 0 Å². The molecule has 1 rings (SSSR count). The minimum atomic E-state index is 0.0902. The number of hydrogen-bond donors (Lipinski definition) is 3. The molecule has 0 fully saturated rings. The zero-order valence-corrected chi connectivity index (χ0v) is 11.5. The van der Waals surface area contributed by atoms with Gasteiger partial charge in [-0.15, -0.1) is 0 Å². The quantitative estimate of drug-likeness (QED) is 0.694. The van der Waals surface area contributed by atoms with Crippen LogP contribution < -0.4 is 5.32 Å². The second kappa shape index (κ2) is 7.24. The lowest BCUT2D eigenvalue weighted by molar-refractivity contribution is 0.270. The largest absolute Gasteiger partial charge is 0.508 e. The van der Waals surface area contributed by atoms with Crippen LogP contribution in [0.4, 0.5) is 0 Å². The van der Waals surface area contributed by atoms with E-state index in [4.69, 9.17) is 0 Å². The lowest BCUT2D eigenvalue weighted by Gasteiger charge is -2.23. The summed E-state index contributed by atoms with van der Waals surface area (Å²) in [6.45, 7) is 10.1. The second-order valence-electron chi connectivity index (χ2n) is 4.58. The van der Waals surface area contributed by atoms with Crippen molar-refractivity contribution in [1.82, 2.24) is 10.2 Å². The van der Waals surface area contributed by atoms with Crippen molar-refractivity contribution in [2.24, 2.45) is 0 Å². The minimum Gasteiger partial charge on any atom is -0.508 e. The van der Waals surface area contributed by atoms with Gasteiger partial charge in [-0.3, -0.25) is 0 Å². The highest BCUT2D eigenvalue weighted by molar-refractivity contribution is 5.38. The van der Waals surface area contributed by atoms with E-state index in [1.807, 2.05) is 0 Å². The third-order valence-electron chi connectivity index (χ3n) is 3.14. The van der Waals surface area contributed by atoms with E-state index in [0.29, 0.717) is 12.6 Å².